The molecule has 2 N–H and O–H groups in total. The van der Waals surface area contributed by atoms with E-state index < -0.39 is 0 Å². The number of allylic oxidation sites excluding steroid dienone is 1. The van der Waals surface area contributed by atoms with E-state index in [0.717, 1.165) is 12.6 Å². The van der Waals surface area contributed by atoms with Crippen LogP contribution in [0.15, 0.2) is 67.5 Å². The van der Waals surface area contributed by atoms with Gasteiger partial charge in [0, 0.05) is 41.7 Å². The molecule has 3 heterocycles. The van der Waals surface area contributed by atoms with E-state index in [4.69, 9.17) is 0 Å². The minimum atomic E-state index is 0.500. The lowest BCUT2D eigenvalue weighted by molar-refractivity contribution is 0.256. The number of aryl methyl sites for hydroxylation is 2. The third kappa shape index (κ3) is 10.2. The second-order valence-electron chi connectivity index (χ2n) is 11.3. The molecular weight excluding hydrogens is 539 g/mol. The van der Waals surface area contributed by atoms with Crippen molar-refractivity contribution in [3.63, 3.8) is 0 Å². The lowest BCUT2D eigenvalue weighted by Gasteiger charge is -2.30. The van der Waals surface area contributed by atoms with Crippen molar-refractivity contribution in [2.45, 2.75) is 86.9 Å². The summed E-state index contributed by atoms with van der Waals surface area (Å²) in [5.41, 5.74) is 15.4. The maximum Gasteiger partial charge on any atom is 0.0796 e. The molecule has 3 aliphatic rings. The highest BCUT2D eigenvalue weighted by Gasteiger charge is 2.30. The number of nitrogens with zero attached hydrogens (tertiary/aromatic N) is 3. The number of alkyl halides is 1. The van der Waals surface area contributed by atoms with Gasteiger partial charge in [0.1, 0.15) is 0 Å². The van der Waals surface area contributed by atoms with E-state index in [1.807, 2.05) is 0 Å². The zero-order valence-electron chi connectivity index (χ0n) is 28.0. The van der Waals surface area contributed by atoms with Crippen molar-refractivity contribution in [3.05, 3.63) is 95.3 Å². The molecule has 2 aromatic rings. The highest BCUT2D eigenvalue weighted by Crippen LogP contribution is 2.45. The normalized spacial score (nSPS) is 17.5. The Bertz CT molecular complexity index is 1160. The lowest BCUT2D eigenvalue weighted by Crippen LogP contribution is -2.31. The number of fused-ring (bicyclic) bond motifs is 1. The lowest BCUT2D eigenvalue weighted by atomic mass is 10.0. The molecule has 2 unspecified atom stereocenters. The zero-order chi connectivity index (χ0) is 32.0. The standard InChI is InChI=1S/C14H19N.C12H15NS.C7H15N.C2H5N.CH3F/c1-10(2)11(3)15-9-13-7-5-6-8-14(13)12(15)4;1-8-5-6-11(7-9(8)2)12-10(3)13(12)14-4;1-3-8-6-4-5-7(8)2;1-2-3;1-2/h5-8,10-11H,4,9H2,1-3H3;5-7H,1-4H3;7H,3-6H2,1-2H3;2H,1,3H2;1H3. The number of nitrogens with two attached hydrogens (primary N) is 1. The summed E-state index contributed by atoms with van der Waals surface area (Å²) in [6.07, 6.45) is 6.18. The van der Waals surface area contributed by atoms with Crippen molar-refractivity contribution in [1.29, 1.82) is 0 Å². The molecule has 0 aliphatic carbocycles. The van der Waals surface area contributed by atoms with E-state index in [-0.39, 0.29) is 0 Å². The van der Waals surface area contributed by atoms with Crippen molar-refractivity contribution < 1.29 is 4.39 Å². The smallest absolute Gasteiger partial charge is 0.0796 e. The summed E-state index contributed by atoms with van der Waals surface area (Å²) >= 11 is 1.77. The predicted molar refractivity (Wildman–Crippen MR) is 187 cm³/mol. The highest BCUT2D eigenvalue weighted by atomic mass is 32.2. The van der Waals surface area contributed by atoms with Crippen molar-refractivity contribution in [1.82, 2.24) is 14.1 Å². The SMILES string of the molecule is C=C1c2ccccc2CN1C(C)C(C)C.C=CN.CCN1CCCC1C.CF.CSN1C(C)=C1c1ccc(C)c(C)c1. The molecule has 0 amide bonds. The first-order chi connectivity index (χ1) is 20.0. The summed E-state index contributed by atoms with van der Waals surface area (Å²) in [6, 6.07) is 16.7. The second-order valence-corrected chi connectivity index (χ2v) is 12.0. The Labute approximate surface area is 261 Å². The van der Waals surface area contributed by atoms with E-state index in [1.165, 1.54) is 77.0 Å². The van der Waals surface area contributed by atoms with Gasteiger partial charge < -0.3 is 15.5 Å². The fourth-order valence-corrected chi connectivity index (χ4v) is 6.00. The maximum absolute atomic E-state index is 9.50. The molecule has 6 heteroatoms. The molecule has 0 spiro atoms. The third-order valence-electron chi connectivity index (χ3n) is 8.33. The Morgan fingerprint density at radius 3 is 2.12 bits per heavy atom. The van der Waals surface area contributed by atoms with Crippen LogP contribution >= 0.6 is 11.9 Å². The van der Waals surface area contributed by atoms with E-state index in [2.05, 4.69) is 137 Å². The monoisotopic (exact) mass is 596 g/mol. The van der Waals surface area contributed by atoms with Gasteiger partial charge in [-0.1, -0.05) is 70.3 Å². The molecule has 2 atom stereocenters. The topological polar surface area (TPSA) is 35.5 Å². The summed E-state index contributed by atoms with van der Waals surface area (Å²) in [5, 5.41) is 0. The van der Waals surface area contributed by atoms with Crippen LogP contribution in [-0.2, 0) is 6.54 Å². The van der Waals surface area contributed by atoms with Gasteiger partial charge in [0.15, 0.2) is 0 Å². The van der Waals surface area contributed by atoms with Gasteiger partial charge in [-0.25, -0.2) is 0 Å². The van der Waals surface area contributed by atoms with Crippen molar-refractivity contribution >= 4 is 23.3 Å². The van der Waals surface area contributed by atoms with Crippen LogP contribution < -0.4 is 5.73 Å². The first kappa shape index (κ1) is 37.3. The molecule has 4 nitrogen and oxygen atoms in total. The van der Waals surface area contributed by atoms with Gasteiger partial charge >= 0.3 is 0 Å². The van der Waals surface area contributed by atoms with Crippen LogP contribution in [0.3, 0.4) is 0 Å². The first-order valence-corrected chi connectivity index (χ1v) is 16.3. The Balaban J connectivity index is 0.000000302. The van der Waals surface area contributed by atoms with E-state index >= 15 is 0 Å². The zero-order valence-corrected chi connectivity index (χ0v) is 28.8. The Kier molecular flexibility index (Phi) is 16.7. The molecule has 3 aliphatic heterocycles. The summed E-state index contributed by atoms with van der Waals surface area (Å²) in [7, 11) is 0.500. The van der Waals surface area contributed by atoms with E-state index in [1.54, 1.807) is 11.9 Å². The predicted octanol–water partition coefficient (Wildman–Crippen LogP) is 9.27. The largest absolute Gasteiger partial charge is 0.405 e. The van der Waals surface area contributed by atoms with Gasteiger partial charge in [-0.15, -0.1) is 0 Å². The molecule has 42 heavy (non-hydrogen) atoms. The van der Waals surface area contributed by atoms with Crippen molar-refractivity contribution in [2.24, 2.45) is 11.7 Å². The Morgan fingerprint density at radius 2 is 1.69 bits per heavy atom. The Hall–Kier alpha value is -2.70. The number of halogens is 1. The first-order valence-electron chi connectivity index (χ1n) is 15.1. The van der Waals surface area contributed by atoms with Gasteiger partial charge in [0.25, 0.3) is 0 Å². The molecule has 2 aromatic carbocycles. The second kappa shape index (κ2) is 18.8. The fraction of sp³-hybridized carbons (Fsp3) is 0.500. The molecule has 1 fully saturated rings. The summed E-state index contributed by atoms with van der Waals surface area (Å²) in [6.45, 7) is 28.8. The van der Waals surface area contributed by atoms with Crippen LogP contribution in [0.2, 0.25) is 0 Å². The van der Waals surface area contributed by atoms with Crippen LogP contribution in [0.25, 0.3) is 11.4 Å². The number of hydrogen-bond acceptors (Lipinski definition) is 5. The highest BCUT2D eigenvalue weighted by molar-refractivity contribution is 7.97. The molecule has 5 rings (SSSR count). The Morgan fingerprint density at radius 1 is 1.07 bits per heavy atom. The summed E-state index contributed by atoms with van der Waals surface area (Å²) in [4.78, 5) is 4.94. The van der Waals surface area contributed by atoms with Crippen molar-refractivity contribution in [3.8, 4) is 0 Å². The number of rotatable bonds is 5. The van der Waals surface area contributed by atoms with Gasteiger partial charge in [-0.3, -0.25) is 8.70 Å². The van der Waals surface area contributed by atoms with Gasteiger partial charge in [-0.2, -0.15) is 0 Å². The van der Waals surface area contributed by atoms with Gasteiger partial charge in [-0.05, 0) is 107 Å². The molecule has 234 valence electrons. The average Bonchev–Trinajstić information content (AvgIpc) is 3.26. The number of likely N-dealkylation sites (tertiary alicyclic amines) is 1. The molecule has 0 radical (unpaired) electrons. The van der Waals surface area contributed by atoms with E-state index in [9.17, 15) is 4.39 Å². The molecule has 0 saturated carbocycles. The summed E-state index contributed by atoms with van der Waals surface area (Å²) < 4.78 is 11.8. The minimum absolute atomic E-state index is 0.500. The molecule has 0 aromatic heterocycles. The minimum Gasteiger partial charge on any atom is -0.405 e. The van der Waals surface area contributed by atoms with Crippen LogP contribution in [0.5, 0.6) is 0 Å². The number of hydrogen-bond donors (Lipinski definition) is 1. The van der Waals surface area contributed by atoms with Crippen LogP contribution in [-0.4, -0.2) is 52.7 Å². The molecule has 0 bridgehead atoms. The number of benzene rings is 2. The molecular formula is C36H57FN4S. The van der Waals surface area contributed by atoms with Crippen molar-refractivity contribution in [2.75, 3.05) is 26.5 Å². The molecule has 1 saturated heterocycles. The van der Waals surface area contributed by atoms with Crippen LogP contribution in [0.4, 0.5) is 4.39 Å². The maximum atomic E-state index is 9.50. The average molecular weight is 597 g/mol. The third-order valence-corrected chi connectivity index (χ3v) is 9.15. The summed E-state index contributed by atoms with van der Waals surface area (Å²) in [5.74, 6) is 0.663. The van der Waals surface area contributed by atoms with Crippen LogP contribution in [0, 0.1) is 19.8 Å². The van der Waals surface area contributed by atoms with Gasteiger partial charge in [0.2, 0.25) is 0 Å². The van der Waals surface area contributed by atoms with E-state index in [0.29, 0.717) is 19.1 Å². The van der Waals surface area contributed by atoms with Gasteiger partial charge in [0.05, 0.1) is 18.6 Å². The fourth-order valence-electron chi connectivity index (χ4n) is 5.26. The quantitative estimate of drug-likeness (QED) is 0.348. The van der Waals surface area contributed by atoms with Crippen LogP contribution in [0.1, 0.15) is 82.2 Å².